The minimum atomic E-state index is -0.607. The maximum atomic E-state index is 12.6. The van der Waals surface area contributed by atoms with Crippen LogP contribution < -0.4 is 4.74 Å². The standard InChI is InChI=1S/C18H15N3O6/c1-9(22)27-14-5-4-13(21(25)26)7-12(14)8-19-20-17(23)15-10-2-3-11(6-10)16(15)18(20)24/h2-5,7-8,10-11,15-16H,6H2,1H3. The summed E-state index contributed by atoms with van der Waals surface area (Å²) < 4.78 is 5.02. The highest BCUT2D eigenvalue weighted by Gasteiger charge is 2.59. The van der Waals surface area contributed by atoms with Gasteiger partial charge in [-0.05, 0) is 24.3 Å². The molecule has 9 heteroatoms. The number of imide groups is 1. The van der Waals surface area contributed by atoms with E-state index in [1.165, 1.54) is 25.1 Å². The molecule has 1 aromatic rings. The first-order chi connectivity index (χ1) is 12.9. The molecule has 138 valence electrons. The minimum Gasteiger partial charge on any atom is -0.426 e. The van der Waals surface area contributed by atoms with Gasteiger partial charge in [-0.3, -0.25) is 24.5 Å². The van der Waals surface area contributed by atoms with Crippen LogP contribution in [0.1, 0.15) is 18.9 Å². The highest BCUT2D eigenvalue weighted by atomic mass is 16.6. The Morgan fingerprint density at radius 2 is 1.89 bits per heavy atom. The molecule has 1 aliphatic heterocycles. The summed E-state index contributed by atoms with van der Waals surface area (Å²) >= 11 is 0. The molecule has 1 saturated heterocycles. The van der Waals surface area contributed by atoms with Crippen molar-refractivity contribution in [1.29, 1.82) is 0 Å². The largest absolute Gasteiger partial charge is 0.426 e. The van der Waals surface area contributed by atoms with Crippen molar-refractivity contribution in [3.05, 3.63) is 46.0 Å². The van der Waals surface area contributed by atoms with Gasteiger partial charge in [0.05, 0.1) is 23.0 Å². The Labute approximate surface area is 153 Å². The molecule has 2 fully saturated rings. The Kier molecular flexibility index (Phi) is 3.87. The zero-order valence-corrected chi connectivity index (χ0v) is 14.3. The predicted octanol–water partition coefficient (Wildman–Crippen LogP) is 1.66. The third-order valence-corrected chi connectivity index (χ3v) is 5.22. The molecule has 3 aliphatic rings. The summed E-state index contributed by atoms with van der Waals surface area (Å²) in [7, 11) is 0. The fourth-order valence-electron chi connectivity index (χ4n) is 4.12. The van der Waals surface area contributed by atoms with Gasteiger partial charge in [-0.15, -0.1) is 0 Å². The van der Waals surface area contributed by atoms with Crippen molar-refractivity contribution in [3.63, 3.8) is 0 Å². The third kappa shape index (κ3) is 2.71. The predicted molar refractivity (Wildman–Crippen MR) is 91.6 cm³/mol. The number of nitro groups is 1. The van der Waals surface area contributed by atoms with Gasteiger partial charge in [0.2, 0.25) is 0 Å². The summed E-state index contributed by atoms with van der Waals surface area (Å²) in [4.78, 5) is 46.8. The zero-order valence-electron chi connectivity index (χ0n) is 14.3. The molecule has 27 heavy (non-hydrogen) atoms. The molecule has 1 aromatic carbocycles. The Morgan fingerprint density at radius 1 is 1.26 bits per heavy atom. The van der Waals surface area contributed by atoms with Crippen LogP contribution in [0.4, 0.5) is 5.69 Å². The van der Waals surface area contributed by atoms with Crippen molar-refractivity contribution in [3.8, 4) is 5.75 Å². The molecule has 4 rings (SSSR count). The molecule has 4 unspecified atom stereocenters. The van der Waals surface area contributed by atoms with Crippen LogP contribution in [-0.2, 0) is 14.4 Å². The fourth-order valence-corrected chi connectivity index (χ4v) is 4.12. The average molecular weight is 369 g/mol. The van der Waals surface area contributed by atoms with Gasteiger partial charge < -0.3 is 4.74 Å². The van der Waals surface area contributed by atoms with E-state index in [9.17, 15) is 24.5 Å². The van der Waals surface area contributed by atoms with Gasteiger partial charge in [0, 0.05) is 24.6 Å². The van der Waals surface area contributed by atoms with Crippen LogP contribution in [0.5, 0.6) is 5.75 Å². The van der Waals surface area contributed by atoms with E-state index in [2.05, 4.69) is 5.10 Å². The number of esters is 1. The normalized spacial score (nSPS) is 28.3. The van der Waals surface area contributed by atoms with Crippen LogP contribution in [0.2, 0.25) is 0 Å². The summed E-state index contributed by atoms with van der Waals surface area (Å²) in [5.41, 5.74) is -0.108. The van der Waals surface area contributed by atoms with Gasteiger partial charge in [-0.25, -0.2) is 0 Å². The zero-order chi connectivity index (χ0) is 19.3. The SMILES string of the molecule is CC(=O)Oc1ccc([N+](=O)[O-])cc1C=NN1C(=O)C2C3C=CC(C3)C2C1=O. The van der Waals surface area contributed by atoms with Crippen molar-refractivity contribution in [2.75, 3.05) is 0 Å². The van der Waals surface area contributed by atoms with E-state index in [1.54, 1.807) is 0 Å². The lowest BCUT2D eigenvalue weighted by Crippen LogP contribution is -2.28. The van der Waals surface area contributed by atoms with Crippen molar-refractivity contribution < 1.29 is 24.0 Å². The number of rotatable bonds is 4. The van der Waals surface area contributed by atoms with Gasteiger partial charge in [0.15, 0.2) is 0 Å². The summed E-state index contributed by atoms with van der Waals surface area (Å²) in [6, 6.07) is 3.63. The van der Waals surface area contributed by atoms with Crippen molar-refractivity contribution in [1.82, 2.24) is 5.01 Å². The molecule has 0 radical (unpaired) electrons. The number of ether oxygens (including phenoxy) is 1. The van der Waals surface area contributed by atoms with Gasteiger partial charge in [0.1, 0.15) is 5.75 Å². The van der Waals surface area contributed by atoms with Crippen LogP contribution in [0, 0.1) is 33.8 Å². The first-order valence-electron chi connectivity index (χ1n) is 8.44. The molecule has 1 saturated carbocycles. The van der Waals surface area contributed by atoms with E-state index < -0.39 is 10.9 Å². The van der Waals surface area contributed by atoms with Gasteiger partial charge in [-0.2, -0.15) is 10.1 Å². The van der Waals surface area contributed by atoms with E-state index in [1.807, 2.05) is 12.2 Å². The molecular weight excluding hydrogens is 354 g/mol. The number of benzene rings is 1. The molecule has 9 nitrogen and oxygen atoms in total. The van der Waals surface area contributed by atoms with E-state index in [4.69, 9.17) is 4.74 Å². The highest BCUT2D eigenvalue weighted by Crippen LogP contribution is 2.52. The molecular formula is C18H15N3O6. The monoisotopic (exact) mass is 369 g/mol. The van der Waals surface area contributed by atoms with Crippen molar-refractivity contribution in [2.24, 2.45) is 28.8 Å². The number of hydrogen-bond acceptors (Lipinski definition) is 7. The van der Waals surface area contributed by atoms with Crippen LogP contribution in [-0.4, -0.2) is 33.9 Å². The number of amides is 2. The number of hydrogen-bond donors (Lipinski definition) is 0. The van der Waals surface area contributed by atoms with Crippen molar-refractivity contribution in [2.45, 2.75) is 13.3 Å². The summed E-state index contributed by atoms with van der Waals surface area (Å²) in [6.07, 6.45) is 5.90. The number of non-ortho nitro benzene ring substituents is 1. The first-order valence-corrected chi connectivity index (χ1v) is 8.44. The van der Waals surface area contributed by atoms with Crippen LogP contribution >= 0.6 is 0 Å². The van der Waals surface area contributed by atoms with Crippen molar-refractivity contribution >= 4 is 29.7 Å². The molecule has 0 aromatic heterocycles. The third-order valence-electron chi connectivity index (χ3n) is 5.22. The highest BCUT2D eigenvalue weighted by molar-refractivity contribution is 6.07. The number of nitro benzene ring substituents is 1. The number of hydrazone groups is 1. The molecule has 4 atom stereocenters. The minimum absolute atomic E-state index is 0.0536. The smallest absolute Gasteiger partial charge is 0.308 e. The van der Waals surface area contributed by atoms with E-state index >= 15 is 0 Å². The summed E-state index contributed by atoms with van der Waals surface area (Å²) in [6.45, 7) is 1.19. The summed E-state index contributed by atoms with van der Waals surface area (Å²) in [5.74, 6) is -1.93. The van der Waals surface area contributed by atoms with Gasteiger partial charge >= 0.3 is 5.97 Å². The Morgan fingerprint density at radius 3 is 2.44 bits per heavy atom. The van der Waals surface area contributed by atoms with E-state index in [0.717, 1.165) is 17.6 Å². The second-order valence-corrected chi connectivity index (χ2v) is 6.81. The maximum absolute atomic E-state index is 12.6. The molecule has 2 aliphatic carbocycles. The number of carbonyl (C=O) groups excluding carboxylic acids is 3. The topological polar surface area (TPSA) is 119 Å². The molecule has 0 spiro atoms. The number of fused-ring (bicyclic) bond motifs is 5. The summed E-state index contributed by atoms with van der Waals surface area (Å²) in [5, 5.41) is 15.8. The van der Waals surface area contributed by atoms with E-state index in [0.29, 0.717) is 0 Å². The second-order valence-electron chi connectivity index (χ2n) is 6.81. The lowest BCUT2D eigenvalue weighted by atomic mass is 9.85. The number of carbonyl (C=O) groups is 3. The molecule has 2 amide bonds. The fraction of sp³-hybridized carbons (Fsp3) is 0.333. The number of nitrogens with zero attached hydrogens (tertiary/aromatic N) is 3. The first kappa shape index (κ1) is 17.1. The lowest BCUT2D eigenvalue weighted by molar-refractivity contribution is -0.384. The van der Waals surface area contributed by atoms with E-state index in [-0.39, 0.29) is 52.5 Å². The number of allylic oxidation sites excluding steroid dienone is 2. The molecule has 2 bridgehead atoms. The van der Waals surface area contributed by atoms with Crippen LogP contribution in [0.15, 0.2) is 35.5 Å². The maximum Gasteiger partial charge on any atom is 0.308 e. The van der Waals surface area contributed by atoms with Crippen LogP contribution in [0.3, 0.4) is 0 Å². The van der Waals surface area contributed by atoms with Crippen LogP contribution in [0.25, 0.3) is 0 Å². The Hall–Kier alpha value is -3.36. The quantitative estimate of drug-likeness (QED) is 0.151. The molecule has 1 heterocycles. The second kappa shape index (κ2) is 6.11. The Bertz CT molecular complexity index is 907. The Balaban J connectivity index is 1.64. The van der Waals surface area contributed by atoms with Gasteiger partial charge in [0.25, 0.3) is 17.5 Å². The lowest BCUT2D eigenvalue weighted by Gasteiger charge is -2.13. The van der Waals surface area contributed by atoms with Gasteiger partial charge in [-0.1, -0.05) is 12.2 Å². The molecule has 0 N–H and O–H groups in total. The average Bonchev–Trinajstić information content (AvgIpc) is 3.28.